The summed E-state index contributed by atoms with van der Waals surface area (Å²) in [7, 11) is -18.0. The van der Waals surface area contributed by atoms with Crippen molar-refractivity contribution in [3.8, 4) is 0 Å². The fourth-order valence-corrected chi connectivity index (χ4v) is 3.77. The van der Waals surface area contributed by atoms with Gasteiger partial charge in [0.05, 0.1) is 31.8 Å². The summed E-state index contributed by atoms with van der Waals surface area (Å²) in [6.07, 6.45) is 0. The van der Waals surface area contributed by atoms with Gasteiger partial charge in [0.2, 0.25) is 0 Å². The Kier molecular flexibility index (Phi) is 18.7. The van der Waals surface area contributed by atoms with Crippen molar-refractivity contribution in [2.45, 2.75) is 0 Å². The smallest absolute Gasteiger partial charge is 0.370 e. The predicted molar refractivity (Wildman–Crippen MR) is 115 cm³/mol. The van der Waals surface area contributed by atoms with Crippen LogP contribution in [0.4, 0.5) is 0 Å². The first-order valence-electron chi connectivity index (χ1n) is 9.51. The average molecular weight is 650 g/mol. The van der Waals surface area contributed by atoms with Gasteiger partial charge < -0.3 is 49.1 Å². The highest BCUT2D eigenvalue weighted by molar-refractivity contribution is 7.48. The molecular weight excluding hydrogens is 620 g/mol. The van der Waals surface area contributed by atoms with E-state index in [2.05, 4.69) is 31.7 Å². The van der Waals surface area contributed by atoms with Crippen LogP contribution < -0.4 is 0 Å². The number of aliphatic hydroxyl groups excluding tert-OH is 3. The van der Waals surface area contributed by atoms with Crippen molar-refractivity contribution in [3.63, 3.8) is 0 Å². The van der Waals surface area contributed by atoms with Crippen LogP contribution in [0.2, 0.25) is 0 Å². The minimum absolute atomic E-state index is 0.677. The van der Waals surface area contributed by atoms with Crippen LogP contribution in [0.15, 0.2) is 0 Å². The number of aliphatic hydroxyl groups is 3. The lowest BCUT2D eigenvalue weighted by Crippen LogP contribution is -2.42. The molecular formula is C12H30O22P4. The quantitative estimate of drug-likeness (QED) is 0.0350. The molecule has 0 saturated carbocycles. The summed E-state index contributed by atoms with van der Waals surface area (Å²) in [6, 6.07) is 0. The third kappa shape index (κ3) is 18.5. The summed E-state index contributed by atoms with van der Waals surface area (Å²) in [5, 5.41) is 25.6. The van der Waals surface area contributed by atoms with E-state index in [1.165, 1.54) is 0 Å². The zero-order chi connectivity index (χ0) is 29.3. The van der Waals surface area contributed by atoms with Crippen LogP contribution in [0.5, 0.6) is 0 Å². The number of hydrogen-bond acceptors (Lipinski definition) is 18. The molecule has 4 unspecified atom stereocenters. The molecule has 230 valence electrons. The summed E-state index contributed by atoms with van der Waals surface area (Å²) in [4.78, 5) is 37.5. The Morgan fingerprint density at radius 3 is 1.08 bits per heavy atom. The number of phosphoric acid groups is 4. The Labute approximate surface area is 215 Å². The molecule has 0 aromatic carbocycles. The maximum Gasteiger partial charge on any atom is 0.476 e. The zero-order valence-corrected chi connectivity index (χ0v) is 23.2. The lowest BCUT2D eigenvalue weighted by Gasteiger charge is -2.33. The molecule has 0 aromatic rings. The highest BCUT2D eigenvalue weighted by atomic mass is 31.2. The zero-order valence-electron chi connectivity index (χ0n) is 19.6. The summed E-state index contributed by atoms with van der Waals surface area (Å²) in [6.45, 7) is -9.29. The highest BCUT2D eigenvalue weighted by Crippen LogP contribution is 2.46. The maximum absolute atomic E-state index is 11.8. The minimum atomic E-state index is -4.72. The van der Waals surface area contributed by atoms with E-state index in [0.29, 0.717) is 0 Å². The second kappa shape index (κ2) is 18.6. The van der Waals surface area contributed by atoms with Gasteiger partial charge in [-0.05, 0) is 0 Å². The molecule has 0 radical (unpaired) electrons. The minimum Gasteiger partial charge on any atom is -0.370 e. The second-order valence-electron chi connectivity index (χ2n) is 6.39. The van der Waals surface area contributed by atoms with Crippen molar-refractivity contribution in [1.29, 1.82) is 0 Å². The SMILES string of the molecule is COP(=O)(O)OCC(COCOP(=O)(O)OCO)(COCOP(=O)(O)OCO)COCOP(=O)(O)OCO. The Hall–Kier alpha value is 0.200. The summed E-state index contributed by atoms with van der Waals surface area (Å²) in [5.41, 5.74) is -1.75. The molecule has 0 aliphatic heterocycles. The topological polar surface area (TPSA) is 311 Å². The fourth-order valence-electron chi connectivity index (χ4n) is 1.94. The molecule has 0 amide bonds. The van der Waals surface area contributed by atoms with Gasteiger partial charge in [-0.15, -0.1) is 0 Å². The van der Waals surface area contributed by atoms with Crippen LogP contribution in [0.25, 0.3) is 0 Å². The van der Waals surface area contributed by atoms with E-state index < -0.39 is 104 Å². The van der Waals surface area contributed by atoms with Crippen molar-refractivity contribution < 1.29 is 104 Å². The lowest BCUT2D eigenvalue weighted by atomic mass is 9.92. The van der Waals surface area contributed by atoms with Crippen molar-refractivity contribution in [2.75, 3.05) is 74.3 Å². The molecule has 22 nitrogen and oxygen atoms in total. The van der Waals surface area contributed by atoms with Gasteiger partial charge >= 0.3 is 31.3 Å². The molecule has 26 heteroatoms. The molecule has 38 heavy (non-hydrogen) atoms. The van der Waals surface area contributed by atoms with Crippen LogP contribution in [0.1, 0.15) is 0 Å². The first-order valence-corrected chi connectivity index (χ1v) is 15.5. The highest BCUT2D eigenvalue weighted by Gasteiger charge is 2.37. The van der Waals surface area contributed by atoms with Gasteiger partial charge in [0.25, 0.3) is 0 Å². The number of ether oxygens (including phenoxy) is 3. The third-order valence-corrected chi connectivity index (χ3v) is 7.09. The summed E-state index contributed by atoms with van der Waals surface area (Å²) in [5.74, 6) is 0. The van der Waals surface area contributed by atoms with Gasteiger partial charge in [-0.3, -0.25) is 36.2 Å². The molecule has 0 fully saturated rings. The van der Waals surface area contributed by atoms with Crippen molar-refractivity contribution in [3.05, 3.63) is 0 Å². The van der Waals surface area contributed by atoms with Gasteiger partial charge in [0.1, 0.15) is 0 Å². The van der Waals surface area contributed by atoms with Gasteiger partial charge in [-0.2, -0.15) is 0 Å². The van der Waals surface area contributed by atoms with Gasteiger partial charge in [0, 0.05) is 7.11 Å². The van der Waals surface area contributed by atoms with Gasteiger partial charge in [-0.25, -0.2) is 18.3 Å². The standard InChI is InChI=1S/C12H30O22P4/c1-24-35(16,17)28-5-12(2-25-9-32-36(18,19)29-6-13,3-26-10-33-37(20,21)30-7-14)4-27-11-34-38(22,23)31-8-15/h13-15H,2-11H2,1H3,(H,16,17)(H,18,19)(H,20,21)(H,22,23). The number of rotatable bonds is 25. The van der Waals surface area contributed by atoms with E-state index in [4.69, 9.17) is 34.1 Å². The van der Waals surface area contributed by atoms with E-state index in [0.717, 1.165) is 7.11 Å². The molecule has 0 aliphatic rings. The number of phosphoric ester groups is 4. The monoisotopic (exact) mass is 650 g/mol. The molecule has 0 spiro atoms. The molecule has 0 rings (SSSR count). The molecule has 0 aliphatic carbocycles. The van der Waals surface area contributed by atoms with Crippen molar-refractivity contribution in [2.24, 2.45) is 5.41 Å². The third-order valence-electron chi connectivity index (χ3n) is 3.55. The Bertz CT molecular complexity index is 754. The summed E-state index contributed by atoms with van der Waals surface area (Å²) >= 11 is 0. The van der Waals surface area contributed by atoms with E-state index in [1.54, 1.807) is 0 Å². The molecule has 7 N–H and O–H groups in total. The first-order chi connectivity index (χ1) is 17.6. The first kappa shape index (κ1) is 38.2. The normalized spacial score (nSPS) is 20.1. The average Bonchev–Trinajstić information content (AvgIpc) is 2.81. The van der Waals surface area contributed by atoms with Crippen LogP contribution in [0.3, 0.4) is 0 Å². The van der Waals surface area contributed by atoms with Gasteiger partial charge in [-0.1, -0.05) is 0 Å². The maximum atomic E-state index is 11.8. The molecule has 0 aromatic heterocycles. The number of hydrogen-bond donors (Lipinski definition) is 7. The van der Waals surface area contributed by atoms with Crippen LogP contribution in [-0.2, 0) is 68.7 Å². The Morgan fingerprint density at radius 1 is 0.500 bits per heavy atom. The van der Waals surface area contributed by atoms with E-state index in [1.807, 2.05) is 0 Å². The largest absolute Gasteiger partial charge is 0.476 e. The van der Waals surface area contributed by atoms with E-state index in [-0.39, 0.29) is 0 Å². The Morgan fingerprint density at radius 2 is 0.816 bits per heavy atom. The van der Waals surface area contributed by atoms with Crippen LogP contribution in [0, 0.1) is 5.41 Å². The fraction of sp³-hybridized carbons (Fsp3) is 1.00. The molecule has 0 bridgehead atoms. The van der Waals surface area contributed by atoms with Crippen LogP contribution in [-0.4, -0.2) is 109 Å². The van der Waals surface area contributed by atoms with Crippen molar-refractivity contribution >= 4 is 31.3 Å². The molecule has 0 heterocycles. The predicted octanol–water partition coefficient (Wildman–Crippen LogP) is -1.09. The molecule has 0 saturated heterocycles. The van der Waals surface area contributed by atoms with E-state index in [9.17, 15) is 37.8 Å². The second-order valence-corrected chi connectivity index (χ2v) is 12.3. The van der Waals surface area contributed by atoms with Gasteiger partial charge in [0.15, 0.2) is 40.8 Å². The van der Waals surface area contributed by atoms with E-state index >= 15 is 0 Å². The van der Waals surface area contributed by atoms with Crippen molar-refractivity contribution in [1.82, 2.24) is 0 Å². The Balaban J connectivity index is 5.54. The lowest BCUT2D eigenvalue weighted by molar-refractivity contribution is -0.143. The van der Waals surface area contributed by atoms with Crippen LogP contribution >= 0.6 is 31.3 Å². The summed E-state index contributed by atoms with van der Waals surface area (Å²) < 4.78 is 95.9. The molecule has 4 atom stereocenters.